The van der Waals surface area contributed by atoms with Gasteiger partial charge in [0.05, 0.1) is 30.2 Å². The van der Waals surface area contributed by atoms with Crippen molar-refractivity contribution >= 4 is 13.2 Å². The van der Waals surface area contributed by atoms with E-state index in [0.717, 1.165) is 11.3 Å². The molecule has 0 amide bonds. The molecular formula is C15H23BN2O3. The van der Waals surface area contributed by atoms with Gasteiger partial charge < -0.3 is 19.8 Å². The lowest BCUT2D eigenvalue weighted by Crippen LogP contribution is -2.41. The Kier molecular flexibility index (Phi) is 4.42. The lowest BCUT2D eigenvalue weighted by atomic mass is 9.89. The highest BCUT2D eigenvalue weighted by atomic mass is 16.7. The first-order valence-electron chi connectivity index (χ1n) is 7.06. The zero-order chi connectivity index (χ0) is 15.7. The molecule has 0 saturated carbocycles. The third-order valence-corrected chi connectivity index (χ3v) is 4.11. The van der Waals surface area contributed by atoms with Crippen molar-refractivity contribution in [1.29, 1.82) is 0 Å². The van der Waals surface area contributed by atoms with Crippen molar-refractivity contribution in [2.45, 2.75) is 45.4 Å². The van der Waals surface area contributed by atoms with Crippen LogP contribution in [0.15, 0.2) is 18.2 Å². The number of hydrogen-bond acceptors (Lipinski definition) is 5. The minimum atomic E-state index is -0.383. The van der Waals surface area contributed by atoms with Gasteiger partial charge in [0.25, 0.3) is 0 Å². The zero-order valence-corrected chi connectivity index (χ0v) is 13.3. The van der Waals surface area contributed by atoms with Crippen molar-refractivity contribution in [3.8, 4) is 5.75 Å². The maximum absolute atomic E-state index is 5.92. The predicted molar refractivity (Wildman–Crippen MR) is 83.8 cm³/mol. The Morgan fingerprint density at radius 1 is 1.29 bits per heavy atom. The molecule has 114 valence electrons. The van der Waals surface area contributed by atoms with E-state index in [1.165, 1.54) is 0 Å². The Morgan fingerprint density at radius 3 is 2.43 bits per heavy atom. The van der Waals surface area contributed by atoms with Crippen LogP contribution in [0.4, 0.5) is 0 Å². The van der Waals surface area contributed by atoms with Crippen LogP contribution in [0.2, 0.25) is 0 Å². The van der Waals surface area contributed by atoms with Crippen LogP contribution in [-0.2, 0) is 15.9 Å². The summed E-state index contributed by atoms with van der Waals surface area (Å²) in [6.45, 7) is 8.48. The molecule has 0 radical (unpaired) electrons. The van der Waals surface area contributed by atoms with E-state index in [1.807, 2.05) is 45.8 Å². The van der Waals surface area contributed by atoms with Gasteiger partial charge in [-0.25, -0.2) is 0 Å². The van der Waals surface area contributed by atoms with Gasteiger partial charge >= 0.3 is 7.12 Å². The number of aromatic nitrogens is 1. The summed E-state index contributed by atoms with van der Waals surface area (Å²) < 4.78 is 17.0. The monoisotopic (exact) mass is 290 g/mol. The fourth-order valence-corrected chi connectivity index (χ4v) is 2.07. The van der Waals surface area contributed by atoms with Gasteiger partial charge in [0.15, 0.2) is 0 Å². The van der Waals surface area contributed by atoms with Crippen molar-refractivity contribution in [3.05, 3.63) is 29.5 Å². The number of nitrogens with zero attached hydrogens (tertiary/aromatic N) is 1. The normalized spacial score (nSPS) is 20.2. The van der Waals surface area contributed by atoms with E-state index >= 15 is 0 Å². The second kappa shape index (κ2) is 5.79. The van der Waals surface area contributed by atoms with Crippen LogP contribution in [-0.4, -0.2) is 30.4 Å². The summed E-state index contributed by atoms with van der Waals surface area (Å²) in [6, 6.07) is 1.90. The quantitative estimate of drug-likeness (QED) is 0.861. The van der Waals surface area contributed by atoms with Crippen LogP contribution in [0.1, 0.15) is 39.0 Å². The fraction of sp³-hybridized carbons (Fsp3) is 0.533. The first kappa shape index (κ1) is 16.0. The van der Waals surface area contributed by atoms with Crippen molar-refractivity contribution in [2.24, 2.45) is 5.73 Å². The van der Waals surface area contributed by atoms with E-state index in [-0.39, 0.29) is 18.3 Å². The summed E-state index contributed by atoms with van der Waals surface area (Å²) in [6.07, 6.45) is 3.58. The lowest BCUT2D eigenvalue weighted by molar-refractivity contribution is 0.00578. The smallest absolute Gasteiger partial charge is 0.487 e. The molecule has 0 bridgehead atoms. The Hall–Kier alpha value is -1.37. The molecule has 0 aromatic carbocycles. The maximum atomic E-state index is 5.92. The highest BCUT2D eigenvalue weighted by Gasteiger charge is 2.49. The van der Waals surface area contributed by atoms with Crippen LogP contribution in [0.3, 0.4) is 0 Å². The zero-order valence-electron chi connectivity index (χ0n) is 13.3. The summed E-state index contributed by atoms with van der Waals surface area (Å²) >= 11 is 0. The minimum absolute atomic E-state index is 0.342. The van der Waals surface area contributed by atoms with Gasteiger partial charge in [-0.15, -0.1) is 0 Å². The topological polar surface area (TPSA) is 66.6 Å². The Labute approximate surface area is 126 Å². The molecule has 0 spiro atoms. The third-order valence-electron chi connectivity index (χ3n) is 4.11. The van der Waals surface area contributed by atoms with Gasteiger partial charge in [-0.05, 0) is 33.8 Å². The molecule has 0 aliphatic carbocycles. The number of ether oxygens (including phenoxy) is 1. The van der Waals surface area contributed by atoms with Gasteiger partial charge in [-0.2, -0.15) is 0 Å². The highest BCUT2D eigenvalue weighted by Crippen LogP contribution is 2.37. The largest absolute Gasteiger partial charge is 0.495 e. The summed E-state index contributed by atoms with van der Waals surface area (Å²) in [5.41, 5.74) is 6.75. The van der Waals surface area contributed by atoms with Crippen LogP contribution in [0.25, 0.3) is 6.08 Å². The molecule has 5 nitrogen and oxygen atoms in total. The van der Waals surface area contributed by atoms with Crippen molar-refractivity contribution < 1.29 is 14.0 Å². The highest BCUT2D eigenvalue weighted by molar-refractivity contribution is 6.52. The second-order valence-electron chi connectivity index (χ2n) is 6.10. The molecule has 1 aromatic heterocycles. The van der Waals surface area contributed by atoms with E-state index in [2.05, 4.69) is 4.98 Å². The van der Waals surface area contributed by atoms with Crippen molar-refractivity contribution in [3.63, 3.8) is 0 Å². The summed E-state index contributed by atoms with van der Waals surface area (Å²) in [4.78, 5) is 4.29. The predicted octanol–water partition coefficient (Wildman–Crippen LogP) is 2.19. The standard InChI is InChI=1S/C15H23BN2O3/c1-14(2)15(3,4)21-16(20-14)7-6-11-8-12(19-5)10-18-13(11)9-17/h6-8,10H,9,17H2,1-5H3/b7-6+. The molecule has 21 heavy (non-hydrogen) atoms. The molecule has 2 N–H and O–H groups in total. The Bertz CT molecular complexity index is 528. The molecule has 6 heteroatoms. The van der Waals surface area contributed by atoms with Crippen LogP contribution in [0.5, 0.6) is 5.75 Å². The number of pyridine rings is 1. The molecule has 2 heterocycles. The molecule has 0 atom stereocenters. The second-order valence-corrected chi connectivity index (χ2v) is 6.10. The number of nitrogens with two attached hydrogens (primary N) is 1. The fourth-order valence-electron chi connectivity index (χ4n) is 2.07. The summed E-state index contributed by atoms with van der Waals surface area (Å²) in [7, 11) is 1.23. The van der Waals surface area contributed by atoms with Crippen LogP contribution >= 0.6 is 0 Å². The van der Waals surface area contributed by atoms with E-state index in [1.54, 1.807) is 13.3 Å². The minimum Gasteiger partial charge on any atom is -0.495 e. The van der Waals surface area contributed by atoms with E-state index in [0.29, 0.717) is 12.3 Å². The Balaban J connectivity index is 2.19. The third kappa shape index (κ3) is 3.28. The van der Waals surface area contributed by atoms with Crippen molar-refractivity contribution in [1.82, 2.24) is 4.98 Å². The van der Waals surface area contributed by atoms with Gasteiger partial charge in [-0.3, -0.25) is 4.98 Å². The molecule has 1 fully saturated rings. The van der Waals surface area contributed by atoms with E-state index in [9.17, 15) is 0 Å². The van der Waals surface area contributed by atoms with Gasteiger partial charge in [0.2, 0.25) is 0 Å². The molecule has 1 aromatic rings. The first-order valence-corrected chi connectivity index (χ1v) is 7.06. The number of methoxy groups -OCH3 is 1. The molecule has 0 unspecified atom stereocenters. The molecule has 1 aliphatic rings. The Morgan fingerprint density at radius 2 is 1.90 bits per heavy atom. The van der Waals surface area contributed by atoms with E-state index < -0.39 is 0 Å². The lowest BCUT2D eigenvalue weighted by Gasteiger charge is -2.32. The van der Waals surface area contributed by atoms with Gasteiger partial charge in [0.1, 0.15) is 5.75 Å². The van der Waals surface area contributed by atoms with Crippen LogP contribution in [0, 0.1) is 0 Å². The molecule has 1 aliphatic heterocycles. The summed E-state index contributed by atoms with van der Waals surface area (Å²) in [5.74, 6) is 2.58. The molecule has 1 saturated heterocycles. The van der Waals surface area contributed by atoms with Crippen molar-refractivity contribution in [2.75, 3.05) is 7.11 Å². The average molecular weight is 290 g/mol. The average Bonchev–Trinajstić information content (AvgIpc) is 2.64. The molecule has 2 rings (SSSR count). The number of hydrogen-bond donors (Lipinski definition) is 1. The first-order chi connectivity index (χ1) is 9.79. The van der Waals surface area contributed by atoms with E-state index in [4.69, 9.17) is 19.8 Å². The SMILES string of the molecule is COc1cnc(CN)c(/C=C/B2OC(C)(C)C(C)(C)O2)c1. The van der Waals surface area contributed by atoms with Gasteiger partial charge in [-0.1, -0.05) is 12.1 Å². The van der Waals surface area contributed by atoms with Crippen LogP contribution < -0.4 is 10.5 Å². The maximum Gasteiger partial charge on any atom is 0.487 e. The summed E-state index contributed by atoms with van der Waals surface area (Å²) in [5, 5.41) is 0. The molecular weight excluding hydrogens is 267 g/mol. The van der Waals surface area contributed by atoms with Gasteiger partial charge in [0, 0.05) is 12.1 Å². The number of rotatable bonds is 4.